The zero-order chi connectivity index (χ0) is 13.4. The highest BCUT2D eigenvalue weighted by Gasteiger charge is 2.13. The fourth-order valence-corrected chi connectivity index (χ4v) is 2.42. The van der Waals surface area contributed by atoms with Crippen molar-refractivity contribution in [3.8, 4) is 0 Å². The van der Waals surface area contributed by atoms with Crippen molar-refractivity contribution in [2.24, 2.45) is 0 Å². The van der Waals surface area contributed by atoms with Gasteiger partial charge in [0.2, 0.25) is 0 Å². The van der Waals surface area contributed by atoms with Crippen LogP contribution in [-0.4, -0.2) is 23.5 Å². The van der Waals surface area contributed by atoms with Gasteiger partial charge in [0.25, 0.3) is 5.69 Å². The molecule has 0 atom stereocenters. The number of unbranched alkanes of at least 4 members (excludes halogenated alkanes) is 1. The highest BCUT2D eigenvalue weighted by atomic mass is 79.9. The first-order chi connectivity index (χ1) is 8.65. The maximum Gasteiger partial charge on any atom is 0.275 e. The average molecular weight is 333 g/mol. The zero-order valence-corrected chi connectivity index (χ0v) is 12.7. The summed E-state index contributed by atoms with van der Waals surface area (Å²) in [5.41, 5.74) is 0.897. The Bertz CT molecular complexity index is 402. The van der Waals surface area contributed by atoms with Gasteiger partial charge in [0, 0.05) is 22.6 Å². The molecule has 0 unspecified atom stereocenters. The summed E-state index contributed by atoms with van der Waals surface area (Å²) in [5.74, 6) is 1.17. The zero-order valence-electron chi connectivity index (χ0n) is 10.3. The summed E-state index contributed by atoms with van der Waals surface area (Å²) in [6, 6.07) is 5.17. The van der Waals surface area contributed by atoms with E-state index in [4.69, 9.17) is 0 Å². The Kier molecular flexibility index (Phi) is 7.31. The van der Waals surface area contributed by atoms with Crippen LogP contribution in [0.4, 0.5) is 5.69 Å². The van der Waals surface area contributed by atoms with Crippen molar-refractivity contribution in [2.45, 2.75) is 19.4 Å². The molecule has 4 nitrogen and oxygen atoms in total. The number of nitro benzene ring substituents is 1. The maximum absolute atomic E-state index is 10.9. The normalized spacial score (nSPS) is 10.6. The Morgan fingerprint density at radius 3 is 2.89 bits per heavy atom. The van der Waals surface area contributed by atoms with E-state index < -0.39 is 0 Å². The number of rotatable bonds is 8. The molecule has 0 heterocycles. The number of nitrogens with one attached hydrogen (secondary N) is 1. The van der Waals surface area contributed by atoms with Gasteiger partial charge in [-0.25, -0.2) is 0 Å². The number of hydrogen-bond donors (Lipinski definition) is 1. The monoisotopic (exact) mass is 332 g/mol. The Labute approximate surface area is 120 Å². The van der Waals surface area contributed by atoms with Crippen LogP contribution in [0.2, 0.25) is 0 Å². The lowest BCUT2D eigenvalue weighted by Crippen LogP contribution is -2.15. The number of hydrogen-bond acceptors (Lipinski definition) is 4. The molecule has 0 fully saturated rings. The summed E-state index contributed by atoms with van der Waals surface area (Å²) in [6.45, 7) is 1.44. The summed E-state index contributed by atoms with van der Waals surface area (Å²) in [6.07, 6.45) is 4.38. The standard InChI is InChI=1S/C12H17BrN2O2S/c1-18-7-3-2-6-14-9-10-4-5-11(13)8-12(10)15(16)17/h4-5,8,14H,2-3,6-7,9H2,1H3. The fourth-order valence-electron chi connectivity index (χ4n) is 1.58. The molecule has 1 aromatic rings. The summed E-state index contributed by atoms with van der Waals surface area (Å²) in [4.78, 5) is 10.6. The van der Waals surface area contributed by atoms with Crippen molar-refractivity contribution in [1.82, 2.24) is 5.32 Å². The third-order valence-electron chi connectivity index (χ3n) is 2.51. The Balaban J connectivity index is 2.44. The molecule has 0 amide bonds. The molecule has 100 valence electrons. The van der Waals surface area contributed by atoms with E-state index >= 15 is 0 Å². The predicted octanol–water partition coefficient (Wildman–Crippen LogP) is 3.59. The molecule has 6 heteroatoms. The Morgan fingerprint density at radius 2 is 2.22 bits per heavy atom. The molecule has 1 aromatic carbocycles. The van der Waals surface area contributed by atoms with E-state index in [1.807, 2.05) is 17.8 Å². The molecule has 0 aromatic heterocycles. The SMILES string of the molecule is CSCCCCNCc1ccc(Br)cc1[N+](=O)[O-]. The maximum atomic E-state index is 10.9. The smallest absolute Gasteiger partial charge is 0.275 e. The second kappa shape index (κ2) is 8.50. The number of thioether (sulfide) groups is 1. The van der Waals surface area contributed by atoms with Gasteiger partial charge in [0.1, 0.15) is 0 Å². The minimum atomic E-state index is -0.338. The van der Waals surface area contributed by atoms with Gasteiger partial charge < -0.3 is 5.32 Å². The topological polar surface area (TPSA) is 55.2 Å². The highest BCUT2D eigenvalue weighted by molar-refractivity contribution is 9.10. The molecule has 0 aliphatic rings. The van der Waals surface area contributed by atoms with Crippen LogP contribution >= 0.6 is 27.7 Å². The minimum Gasteiger partial charge on any atom is -0.312 e. The Morgan fingerprint density at radius 1 is 1.44 bits per heavy atom. The van der Waals surface area contributed by atoms with E-state index in [1.54, 1.807) is 12.1 Å². The van der Waals surface area contributed by atoms with E-state index in [9.17, 15) is 10.1 Å². The molecule has 18 heavy (non-hydrogen) atoms. The number of benzene rings is 1. The summed E-state index contributed by atoms with van der Waals surface area (Å²) in [7, 11) is 0. The number of halogens is 1. The molecule has 0 saturated heterocycles. The van der Waals surface area contributed by atoms with E-state index in [-0.39, 0.29) is 10.6 Å². The van der Waals surface area contributed by atoms with Crippen LogP contribution < -0.4 is 5.32 Å². The summed E-state index contributed by atoms with van der Waals surface area (Å²) >= 11 is 5.09. The van der Waals surface area contributed by atoms with Gasteiger partial charge in [-0.3, -0.25) is 10.1 Å². The lowest BCUT2D eigenvalue weighted by molar-refractivity contribution is -0.385. The van der Waals surface area contributed by atoms with E-state index in [0.717, 1.165) is 23.0 Å². The van der Waals surface area contributed by atoms with E-state index in [0.29, 0.717) is 6.54 Å². The van der Waals surface area contributed by atoms with Gasteiger partial charge in [-0.2, -0.15) is 11.8 Å². The van der Waals surface area contributed by atoms with Crippen molar-refractivity contribution < 1.29 is 4.92 Å². The molecule has 0 bridgehead atoms. The largest absolute Gasteiger partial charge is 0.312 e. The molecule has 0 radical (unpaired) electrons. The molecular weight excluding hydrogens is 316 g/mol. The van der Waals surface area contributed by atoms with Gasteiger partial charge >= 0.3 is 0 Å². The lowest BCUT2D eigenvalue weighted by Gasteiger charge is -2.06. The molecule has 0 aliphatic carbocycles. The first kappa shape index (κ1) is 15.5. The quantitative estimate of drug-likeness (QED) is 0.449. The summed E-state index contributed by atoms with van der Waals surface area (Å²) in [5, 5.41) is 14.1. The van der Waals surface area contributed by atoms with Crippen LogP contribution in [0.5, 0.6) is 0 Å². The third-order valence-corrected chi connectivity index (χ3v) is 3.70. The molecular formula is C12H17BrN2O2S. The van der Waals surface area contributed by atoms with Crippen molar-refractivity contribution in [3.63, 3.8) is 0 Å². The van der Waals surface area contributed by atoms with Gasteiger partial charge in [-0.15, -0.1) is 0 Å². The minimum absolute atomic E-state index is 0.168. The molecule has 0 spiro atoms. The average Bonchev–Trinajstić information content (AvgIpc) is 2.35. The van der Waals surface area contributed by atoms with Crippen LogP contribution in [0.1, 0.15) is 18.4 Å². The first-order valence-electron chi connectivity index (χ1n) is 5.77. The van der Waals surface area contributed by atoms with Crippen LogP contribution in [-0.2, 0) is 6.54 Å². The van der Waals surface area contributed by atoms with Crippen molar-refractivity contribution in [1.29, 1.82) is 0 Å². The second-order valence-corrected chi connectivity index (χ2v) is 5.81. The van der Waals surface area contributed by atoms with Crippen molar-refractivity contribution in [3.05, 3.63) is 38.3 Å². The van der Waals surface area contributed by atoms with E-state index in [1.165, 1.54) is 12.2 Å². The lowest BCUT2D eigenvalue weighted by atomic mass is 10.2. The first-order valence-corrected chi connectivity index (χ1v) is 7.96. The molecule has 0 saturated carbocycles. The fraction of sp³-hybridized carbons (Fsp3) is 0.500. The second-order valence-electron chi connectivity index (χ2n) is 3.91. The van der Waals surface area contributed by atoms with Crippen LogP contribution in [0, 0.1) is 10.1 Å². The Hall–Kier alpha value is -0.590. The van der Waals surface area contributed by atoms with Crippen molar-refractivity contribution >= 4 is 33.4 Å². The molecule has 1 rings (SSSR count). The summed E-state index contributed by atoms with van der Waals surface area (Å²) < 4.78 is 0.734. The number of nitro groups is 1. The van der Waals surface area contributed by atoms with E-state index in [2.05, 4.69) is 27.5 Å². The van der Waals surface area contributed by atoms with Gasteiger partial charge in [0.05, 0.1) is 4.92 Å². The molecule has 0 aliphatic heterocycles. The van der Waals surface area contributed by atoms with Crippen molar-refractivity contribution in [2.75, 3.05) is 18.6 Å². The third kappa shape index (κ3) is 5.37. The van der Waals surface area contributed by atoms with Gasteiger partial charge in [-0.1, -0.05) is 15.9 Å². The van der Waals surface area contributed by atoms with Gasteiger partial charge in [-0.05, 0) is 43.5 Å². The van der Waals surface area contributed by atoms with Gasteiger partial charge in [0.15, 0.2) is 0 Å². The predicted molar refractivity (Wildman–Crippen MR) is 80.1 cm³/mol. The molecule has 1 N–H and O–H groups in total. The van der Waals surface area contributed by atoms with Crippen LogP contribution in [0.15, 0.2) is 22.7 Å². The van der Waals surface area contributed by atoms with Crippen LogP contribution in [0.25, 0.3) is 0 Å². The highest BCUT2D eigenvalue weighted by Crippen LogP contribution is 2.23. The number of nitrogens with zero attached hydrogens (tertiary/aromatic N) is 1. The van der Waals surface area contributed by atoms with Crippen LogP contribution in [0.3, 0.4) is 0 Å².